The number of amides is 1. The van der Waals surface area contributed by atoms with E-state index in [1.54, 1.807) is 12.1 Å². The molecule has 1 unspecified atom stereocenters. The lowest BCUT2D eigenvalue weighted by molar-refractivity contribution is 0.0912. The van der Waals surface area contributed by atoms with Gasteiger partial charge in [-0.15, -0.1) is 0 Å². The molecule has 92 valence electrons. The van der Waals surface area contributed by atoms with Crippen molar-refractivity contribution in [1.82, 2.24) is 0 Å². The molecule has 0 aromatic heterocycles. The van der Waals surface area contributed by atoms with Crippen LogP contribution in [0.4, 0.5) is 5.69 Å². The molecular formula is C13H18N2O2. The van der Waals surface area contributed by atoms with Gasteiger partial charge in [0.05, 0.1) is 11.1 Å². The maximum Gasteiger partial charge on any atom is 0.249 e. The molecule has 4 N–H and O–H groups in total. The van der Waals surface area contributed by atoms with Crippen LogP contribution in [0.3, 0.4) is 0 Å². The first-order chi connectivity index (χ1) is 7.99. The van der Waals surface area contributed by atoms with Crippen molar-refractivity contribution in [2.75, 3.05) is 5.73 Å². The molecule has 0 bridgehead atoms. The molecule has 0 radical (unpaired) electrons. The molecule has 0 saturated heterocycles. The van der Waals surface area contributed by atoms with Crippen LogP contribution in [0.25, 0.3) is 0 Å². The molecule has 0 saturated carbocycles. The molecule has 0 aliphatic rings. The number of nitrogen functional groups attached to an aromatic ring is 1. The molecule has 1 rings (SSSR count). The number of ketones is 1. The highest BCUT2D eigenvalue weighted by Gasteiger charge is 2.22. The third kappa shape index (κ3) is 2.84. The van der Waals surface area contributed by atoms with Gasteiger partial charge in [-0.2, -0.15) is 0 Å². The Balaban J connectivity index is 3.20. The van der Waals surface area contributed by atoms with Gasteiger partial charge in [0.15, 0.2) is 5.78 Å². The number of rotatable bonds is 5. The molecular weight excluding hydrogens is 216 g/mol. The predicted octanol–water partition coefficient (Wildman–Crippen LogP) is 1.99. The van der Waals surface area contributed by atoms with Crippen LogP contribution in [0.1, 0.15) is 47.4 Å². The van der Waals surface area contributed by atoms with Gasteiger partial charge in [-0.3, -0.25) is 9.59 Å². The fourth-order valence-corrected chi connectivity index (χ4v) is 1.86. The zero-order valence-corrected chi connectivity index (χ0v) is 10.2. The summed E-state index contributed by atoms with van der Waals surface area (Å²) in [5.41, 5.74) is 11.8. The second-order valence-electron chi connectivity index (χ2n) is 4.19. The van der Waals surface area contributed by atoms with E-state index in [4.69, 9.17) is 11.5 Å². The fourth-order valence-electron chi connectivity index (χ4n) is 1.86. The number of carbonyl (C=O) groups excluding carboxylic acids is 2. The number of hydrogen-bond donors (Lipinski definition) is 2. The number of anilines is 1. The molecule has 0 aliphatic carbocycles. The first-order valence-electron chi connectivity index (χ1n) is 5.71. The lowest BCUT2D eigenvalue weighted by atomic mass is 9.91. The highest BCUT2D eigenvalue weighted by molar-refractivity contribution is 6.11. The van der Waals surface area contributed by atoms with Crippen LogP contribution in [0.5, 0.6) is 0 Å². The normalized spacial score (nSPS) is 12.1. The van der Waals surface area contributed by atoms with E-state index < -0.39 is 5.91 Å². The quantitative estimate of drug-likeness (QED) is 0.603. The molecule has 0 fully saturated rings. The van der Waals surface area contributed by atoms with E-state index in [9.17, 15) is 9.59 Å². The van der Waals surface area contributed by atoms with E-state index >= 15 is 0 Å². The maximum atomic E-state index is 12.2. The molecule has 4 nitrogen and oxygen atoms in total. The number of nitrogens with two attached hydrogens (primary N) is 2. The van der Waals surface area contributed by atoms with Crippen molar-refractivity contribution in [2.24, 2.45) is 11.7 Å². The first kappa shape index (κ1) is 13.2. The summed E-state index contributed by atoms with van der Waals surface area (Å²) in [4.78, 5) is 23.5. The standard InChI is InChI=1S/C13H18N2O2/c1-3-5-8(2)12(16)11-9(13(15)17)6-4-7-10(11)14/h4,6-8H,3,5,14H2,1-2H3,(H2,15,17). The Morgan fingerprint density at radius 1 is 1.35 bits per heavy atom. The molecule has 4 heteroatoms. The van der Waals surface area contributed by atoms with Gasteiger partial charge in [0, 0.05) is 11.6 Å². The van der Waals surface area contributed by atoms with Gasteiger partial charge in [0.2, 0.25) is 5.91 Å². The van der Waals surface area contributed by atoms with Crippen molar-refractivity contribution in [3.8, 4) is 0 Å². The molecule has 1 aromatic rings. The highest BCUT2D eigenvalue weighted by Crippen LogP contribution is 2.22. The lowest BCUT2D eigenvalue weighted by Crippen LogP contribution is -2.21. The van der Waals surface area contributed by atoms with Crippen molar-refractivity contribution in [2.45, 2.75) is 26.7 Å². The topological polar surface area (TPSA) is 86.2 Å². The van der Waals surface area contributed by atoms with Crippen LogP contribution >= 0.6 is 0 Å². The van der Waals surface area contributed by atoms with E-state index in [0.717, 1.165) is 12.8 Å². The van der Waals surface area contributed by atoms with Crippen LogP contribution in [0.2, 0.25) is 0 Å². The Morgan fingerprint density at radius 3 is 2.53 bits per heavy atom. The van der Waals surface area contributed by atoms with E-state index in [-0.39, 0.29) is 22.8 Å². The van der Waals surface area contributed by atoms with Gasteiger partial charge in [0.25, 0.3) is 0 Å². The van der Waals surface area contributed by atoms with Crippen molar-refractivity contribution in [3.05, 3.63) is 29.3 Å². The van der Waals surface area contributed by atoms with E-state index in [1.165, 1.54) is 6.07 Å². The van der Waals surface area contributed by atoms with Gasteiger partial charge in [-0.25, -0.2) is 0 Å². The lowest BCUT2D eigenvalue weighted by Gasteiger charge is -2.13. The summed E-state index contributed by atoms with van der Waals surface area (Å²) in [6.45, 7) is 3.84. The molecule has 1 aromatic carbocycles. The summed E-state index contributed by atoms with van der Waals surface area (Å²) < 4.78 is 0. The number of carbonyl (C=O) groups is 2. The van der Waals surface area contributed by atoms with Crippen molar-refractivity contribution >= 4 is 17.4 Å². The number of benzene rings is 1. The molecule has 1 atom stereocenters. The summed E-state index contributed by atoms with van der Waals surface area (Å²) >= 11 is 0. The smallest absolute Gasteiger partial charge is 0.249 e. The van der Waals surface area contributed by atoms with Crippen LogP contribution in [0, 0.1) is 5.92 Å². The minimum atomic E-state index is -0.621. The SMILES string of the molecule is CCCC(C)C(=O)c1c(N)cccc1C(N)=O. The fraction of sp³-hybridized carbons (Fsp3) is 0.385. The molecule has 0 aliphatic heterocycles. The first-order valence-corrected chi connectivity index (χ1v) is 5.71. The number of Topliss-reactive ketones (excluding diaryl/α,β-unsaturated/α-hetero) is 1. The second kappa shape index (κ2) is 5.48. The largest absolute Gasteiger partial charge is 0.398 e. The molecule has 0 heterocycles. The average Bonchev–Trinajstić information content (AvgIpc) is 2.28. The van der Waals surface area contributed by atoms with Crippen LogP contribution < -0.4 is 11.5 Å². The maximum absolute atomic E-state index is 12.2. The van der Waals surface area contributed by atoms with Gasteiger partial charge in [-0.1, -0.05) is 26.3 Å². The van der Waals surface area contributed by atoms with Crippen LogP contribution in [0.15, 0.2) is 18.2 Å². The van der Waals surface area contributed by atoms with Gasteiger partial charge >= 0.3 is 0 Å². The van der Waals surface area contributed by atoms with E-state index in [2.05, 4.69) is 0 Å². The third-order valence-corrected chi connectivity index (χ3v) is 2.78. The Labute approximate surface area is 101 Å². The van der Waals surface area contributed by atoms with Crippen molar-refractivity contribution in [3.63, 3.8) is 0 Å². The Kier molecular flexibility index (Phi) is 4.26. The van der Waals surface area contributed by atoms with Gasteiger partial charge in [-0.05, 0) is 18.6 Å². The third-order valence-electron chi connectivity index (χ3n) is 2.78. The predicted molar refractivity (Wildman–Crippen MR) is 67.8 cm³/mol. The minimum absolute atomic E-state index is 0.112. The summed E-state index contributed by atoms with van der Waals surface area (Å²) in [7, 11) is 0. The van der Waals surface area contributed by atoms with E-state index in [0.29, 0.717) is 5.69 Å². The van der Waals surface area contributed by atoms with Crippen LogP contribution in [-0.2, 0) is 0 Å². The van der Waals surface area contributed by atoms with Crippen LogP contribution in [-0.4, -0.2) is 11.7 Å². The molecule has 17 heavy (non-hydrogen) atoms. The Hall–Kier alpha value is -1.84. The second-order valence-corrected chi connectivity index (χ2v) is 4.19. The Morgan fingerprint density at radius 2 is 2.00 bits per heavy atom. The van der Waals surface area contributed by atoms with Crippen molar-refractivity contribution in [1.29, 1.82) is 0 Å². The number of hydrogen-bond acceptors (Lipinski definition) is 3. The van der Waals surface area contributed by atoms with Gasteiger partial charge < -0.3 is 11.5 Å². The van der Waals surface area contributed by atoms with Crippen molar-refractivity contribution < 1.29 is 9.59 Å². The minimum Gasteiger partial charge on any atom is -0.398 e. The van der Waals surface area contributed by atoms with E-state index in [1.807, 2.05) is 13.8 Å². The van der Waals surface area contributed by atoms with Gasteiger partial charge in [0.1, 0.15) is 0 Å². The summed E-state index contributed by atoms with van der Waals surface area (Å²) in [5.74, 6) is -0.883. The number of primary amides is 1. The molecule has 0 spiro atoms. The summed E-state index contributed by atoms with van der Waals surface area (Å²) in [6, 6.07) is 4.76. The monoisotopic (exact) mass is 234 g/mol. The summed E-state index contributed by atoms with van der Waals surface area (Å²) in [5, 5.41) is 0. The highest BCUT2D eigenvalue weighted by atomic mass is 16.1. The summed E-state index contributed by atoms with van der Waals surface area (Å²) in [6.07, 6.45) is 1.68. The average molecular weight is 234 g/mol. The molecule has 1 amide bonds. The zero-order chi connectivity index (χ0) is 13.0. The Bertz CT molecular complexity index is 441. The zero-order valence-electron chi connectivity index (χ0n) is 10.2.